The summed E-state index contributed by atoms with van der Waals surface area (Å²) in [6, 6.07) is 5.28. The van der Waals surface area contributed by atoms with E-state index in [9.17, 15) is 4.39 Å². The van der Waals surface area contributed by atoms with Crippen molar-refractivity contribution in [2.75, 3.05) is 43.9 Å². The van der Waals surface area contributed by atoms with Crippen LogP contribution in [0.3, 0.4) is 0 Å². The molecule has 180 valence electrons. The van der Waals surface area contributed by atoms with Crippen LogP contribution in [0.5, 0.6) is 0 Å². The average Bonchev–Trinajstić information content (AvgIpc) is 3.23. The van der Waals surface area contributed by atoms with E-state index in [-0.39, 0.29) is 5.82 Å². The minimum atomic E-state index is -0.176. The summed E-state index contributed by atoms with van der Waals surface area (Å²) < 4.78 is 16.2. The Hall–Kier alpha value is -3.00. The molecule has 2 fully saturated rings. The first-order valence-electron chi connectivity index (χ1n) is 12.3. The second kappa shape index (κ2) is 9.33. The highest BCUT2D eigenvalue weighted by atomic mass is 19.1. The van der Waals surface area contributed by atoms with Crippen LogP contribution < -0.4 is 10.6 Å². The standard InChI is InChI=1S/C26H34FN7/c1-4-21-24(28)29-16-30-26(21)33-9-7-19(8-10-33)25-31-23(20-5-6-22(27)17(2)11-20)15-34(25)14-18-12-32(3)13-18/h5-6,11,15-16,18-19H,4,7-10,12-14H2,1-3H3,(H2,28,29,30). The first kappa shape index (κ1) is 22.8. The second-order valence-electron chi connectivity index (χ2n) is 9.86. The number of piperidine rings is 1. The highest BCUT2D eigenvalue weighted by Gasteiger charge is 2.30. The van der Waals surface area contributed by atoms with Crippen LogP contribution in [-0.4, -0.2) is 57.6 Å². The van der Waals surface area contributed by atoms with E-state index in [2.05, 4.69) is 44.5 Å². The van der Waals surface area contributed by atoms with Crippen molar-refractivity contribution >= 4 is 11.6 Å². The van der Waals surface area contributed by atoms with Crippen molar-refractivity contribution < 1.29 is 4.39 Å². The maximum Gasteiger partial charge on any atom is 0.137 e. The Morgan fingerprint density at radius 1 is 1.15 bits per heavy atom. The van der Waals surface area contributed by atoms with E-state index in [4.69, 9.17) is 10.7 Å². The lowest BCUT2D eigenvalue weighted by Gasteiger charge is -2.37. The average molecular weight is 464 g/mol. The van der Waals surface area contributed by atoms with Gasteiger partial charge in [-0.1, -0.05) is 6.92 Å². The van der Waals surface area contributed by atoms with Gasteiger partial charge in [0.15, 0.2) is 0 Å². The van der Waals surface area contributed by atoms with Gasteiger partial charge in [-0.05, 0) is 57.0 Å². The van der Waals surface area contributed by atoms with Gasteiger partial charge >= 0.3 is 0 Å². The SMILES string of the molecule is CCc1c(N)ncnc1N1CCC(c2nc(-c3ccc(F)c(C)c3)cn2CC2CN(C)C2)CC1. The van der Waals surface area contributed by atoms with Gasteiger partial charge in [0, 0.05) is 61.9 Å². The molecule has 7 nitrogen and oxygen atoms in total. The predicted molar refractivity (Wildman–Crippen MR) is 133 cm³/mol. The molecule has 2 N–H and O–H groups in total. The van der Waals surface area contributed by atoms with Crippen molar-refractivity contribution in [2.24, 2.45) is 5.92 Å². The molecule has 0 unspecified atom stereocenters. The highest BCUT2D eigenvalue weighted by Crippen LogP contribution is 2.34. The zero-order valence-electron chi connectivity index (χ0n) is 20.3. The number of likely N-dealkylation sites (tertiary alicyclic amines) is 1. The van der Waals surface area contributed by atoms with Crippen molar-refractivity contribution in [1.82, 2.24) is 24.4 Å². The van der Waals surface area contributed by atoms with Gasteiger partial charge in [0.1, 0.15) is 29.6 Å². The first-order valence-corrected chi connectivity index (χ1v) is 12.3. The van der Waals surface area contributed by atoms with E-state index in [1.165, 1.54) is 0 Å². The van der Waals surface area contributed by atoms with Gasteiger partial charge in [0.2, 0.25) is 0 Å². The van der Waals surface area contributed by atoms with Crippen LogP contribution >= 0.6 is 0 Å². The fourth-order valence-electron chi connectivity index (χ4n) is 5.44. The van der Waals surface area contributed by atoms with Crippen LogP contribution in [0.1, 0.15) is 42.6 Å². The zero-order valence-corrected chi connectivity index (χ0v) is 20.3. The van der Waals surface area contributed by atoms with Crippen molar-refractivity contribution in [2.45, 2.75) is 45.6 Å². The molecule has 0 radical (unpaired) electrons. The Labute approximate surface area is 200 Å². The number of hydrogen-bond donors (Lipinski definition) is 1. The normalized spacial score (nSPS) is 17.8. The van der Waals surface area contributed by atoms with Gasteiger partial charge in [-0.2, -0.15) is 0 Å². The summed E-state index contributed by atoms with van der Waals surface area (Å²) in [6.07, 6.45) is 6.58. The van der Waals surface area contributed by atoms with Crippen molar-refractivity contribution in [1.29, 1.82) is 0 Å². The molecule has 5 rings (SSSR count). The summed E-state index contributed by atoms with van der Waals surface area (Å²) in [7, 11) is 2.16. The van der Waals surface area contributed by atoms with Crippen LogP contribution in [0.2, 0.25) is 0 Å². The molecule has 0 saturated carbocycles. The Balaban J connectivity index is 1.38. The lowest BCUT2D eigenvalue weighted by molar-refractivity contribution is 0.118. The molecule has 4 heterocycles. The van der Waals surface area contributed by atoms with Crippen LogP contribution in [0.4, 0.5) is 16.0 Å². The minimum Gasteiger partial charge on any atom is -0.383 e. The van der Waals surface area contributed by atoms with E-state index < -0.39 is 0 Å². The summed E-state index contributed by atoms with van der Waals surface area (Å²) >= 11 is 0. The maximum absolute atomic E-state index is 13.9. The van der Waals surface area contributed by atoms with Gasteiger partial charge < -0.3 is 20.1 Å². The van der Waals surface area contributed by atoms with E-state index in [1.54, 1.807) is 19.3 Å². The molecule has 2 saturated heterocycles. The number of aromatic nitrogens is 4. The molecule has 2 aliphatic rings. The number of hydrogen-bond acceptors (Lipinski definition) is 6. The molecule has 0 atom stereocenters. The lowest BCUT2D eigenvalue weighted by atomic mass is 9.94. The summed E-state index contributed by atoms with van der Waals surface area (Å²) in [5.41, 5.74) is 9.71. The highest BCUT2D eigenvalue weighted by molar-refractivity contribution is 5.60. The first-order chi connectivity index (χ1) is 16.4. The molecule has 0 spiro atoms. The monoisotopic (exact) mass is 463 g/mol. The Bertz CT molecular complexity index is 1160. The predicted octanol–water partition coefficient (Wildman–Crippen LogP) is 3.88. The number of nitrogen functional groups attached to an aromatic ring is 1. The lowest BCUT2D eigenvalue weighted by Crippen LogP contribution is -2.45. The number of aryl methyl sites for hydroxylation is 1. The Kier molecular flexibility index (Phi) is 6.25. The number of nitrogens with two attached hydrogens (primary N) is 1. The third kappa shape index (κ3) is 4.39. The number of imidazole rings is 1. The molecular formula is C26H34FN7. The summed E-state index contributed by atoms with van der Waals surface area (Å²) in [5.74, 6) is 3.56. The van der Waals surface area contributed by atoms with E-state index in [0.717, 1.165) is 80.4 Å². The number of halogens is 1. The molecular weight excluding hydrogens is 429 g/mol. The Morgan fingerprint density at radius 3 is 2.59 bits per heavy atom. The summed E-state index contributed by atoms with van der Waals surface area (Å²) in [6.45, 7) is 8.96. The van der Waals surface area contributed by atoms with Crippen molar-refractivity contribution in [3.05, 3.63) is 53.5 Å². The summed E-state index contributed by atoms with van der Waals surface area (Å²) in [4.78, 5) is 18.5. The van der Waals surface area contributed by atoms with Gasteiger partial charge in [0.05, 0.1) is 5.69 Å². The van der Waals surface area contributed by atoms with Gasteiger partial charge in [-0.25, -0.2) is 19.3 Å². The smallest absolute Gasteiger partial charge is 0.137 e. The fourth-order valence-corrected chi connectivity index (χ4v) is 5.44. The van der Waals surface area contributed by atoms with Crippen molar-refractivity contribution in [3.8, 4) is 11.3 Å². The fraction of sp³-hybridized carbons (Fsp3) is 0.500. The van der Waals surface area contributed by atoms with Gasteiger partial charge in [-0.3, -0.25) is 0 Å². The minimum absolute atomic E-state index is 0.176. The molecule has 3 aromatic rings. The van der Waals surface area contributed by atoms with Crippen molar-refractivity contribution in [3.63, 3.8) is 0 Å². The zero-order chi connectivity index (χ0) is 23.8. The number of nitrogens with zero attached hydrogens (tertiary/aromatic N) is 6. The van der Waals surface area contributed by atoms with E-state index in [0.29, 0.717) is 23.2 Å². The van der Waals surface area contributed by atoms with E-state index in [1.807, 2.05) is 12.1 Å². The van der Waals surface area contributed by atoms with Gasteiger partial charge in [-0.15, -0.1) is 0 Å². The van der Waals surface area contributed by atoms with Crippen LogP contribution in [0.25, 0.3) is 11.3 Å². The molecule has 2 aromatic heterocycles. The van der Waals surface area contributed by atoms with Crippen LogP contribution in [-0.2, 0) is 13.0 Å². The van der Waals surface area contributed by atoms with Crippen LogP contribution in [0.15, 0.2) is 30.7 Å². The molecule has 8 heteroatoms. The quantitative estimate of drug-likeness (QED) is 0.598. The molecule has 0 bridgehead atoms. The Morgan fingerprint density at radius 2 is 1.91 bits per heavy atom. The van der Waals surface area contributed by atoms with Gasteiger partial charge in [0.25, 0.3) is 0 Å². The molecule has 1 aromatic carbocycles. The van der Waals surface area contributed by atoms with E-state index >= 15 is 0 Å². The third-order valence-electron chi connectivity index (χ3n) is 7.32. The van der Waals surface area contributed by atoms with Crippen LogP contribution in [0, 0.1) is 18.7 Å². The summed E-state index contributed by atoms with van der Waals surface area (Å²) in [5, 5.41) is 0. The number of rotatable bonds is 6. The topological polar surface area (TPSA) is 76.1 Å². The largest absolute Gasteiger partial charge is 0.383 e. The number of anilines is 2. The molecule has 34 heavy (non-hydrogen) atoms. The maximum atomic E-state index is 13.9. The molecule has 2 aliphatic heterocycles. The molecule has 0 aliphatic carbocycles. The third-order valence-corrected chi connectivity index (χ3v) is 7.32. The second-order valence-corrected chi connectivity index (χ2v) is 9.86. The molecule has 0 amide bonds. The number of benzene rings is 1.